The molecule has 2 atom stereocenters. The summed E-state index contributed by atoms with van der Waals surface area (Å²) in [7, 11) is 0. The molecular formula is C20H29NO. The molecule has 0 spiro atoms. The van der Waals surface area contributed by atoms with E-state index in [0.29, 0.717) is 12.2 Å². The van der Waals surface area contributed by atoms with E-state index in [1.165, 1.54) is 44.3 Å². The lowest BCUT2D eigenvalue weighted by Crippen LogP contribution is -2.31. The lowest BCUT2D eigenvalue weighted by atomic mass is 9.95. The van der Waals surface area contributed by atoms with Crippen LogP contribution in [-0.2, 0) is 0 Å². The first kappa shape index (κ1) is 15.7. The number of likely N-dealkylation sites (tertiary alicyclic amines) is 1. The van der Waals surface area contributed by atoms with Crippen LogP contribution in [0.3, 0.4) is 0 Å². The lowest BCUT2D eigenvalue weighted by molar-refractivity contribution is 0.0959. The fourth-order valence-electron chi connectivity index (χ4n) is 4.64. The van der Waals surface area contributed by atoms with Gasteiger partial charge in [0.15, 0.2) is 5.78 Å². The van der Waals surface area contributed by atoms with Crippen LogP contribution in [0.4, 0.5) is 0 Å². The highest BCUT2D eigenvalue weighted by atomic mass is 16.1. The topological polar surface area (TPSA) is 20.3 Å². The molecule has 0 N–H and O–H groups in total. The van der Waals surface area contributed by atoms with E-state index in [1.54, 1.807) is 0 Å². The summed E-state index contributed by atoms with van der Waals surface area (Å²) in [5.41, 5.74) is 4.48. The number of carbonyl (C=O) groups is 1. The maximum atomic E-state index is 12.7. The summed E-state index contributed by atoms with van der Waals surface area (Å²) in [6.45, 7) is 9.58. The minimum Gasteiger partial charge on any atom is -0.303 e. The van der Waals surface area contributed by atoms with Crippen molar-refractivity contribution in [2.75, 3.05) is 19.6 Å². The van der Waals surface area contributed by atoms with Crippen LogP contribution >= 0.6 is 0 Å². The van der Waals surface area contributed by atoms with Crippen molar-refractivity contribution in [3.8, 4) is 0 Å². The number of benzene rings is 1. The number of Topliss-reactive ketones (excluding diaryl/α,β-unsaturated/α-hetero) is 1. The highest BCUT2D eigenvalue weighted by molar-refractivity contribution is 5.99. The van der Waals surface area contributed by atoms with Crippen molar-refractivity contribution < 1.29 is 4.79 Å². The van der Waals surface area contributed by atoms with Crippen LogP contribution in [0.5, 0.6) is 0 Å². The zero-order chi connectivity index (χ0) is 15.7. The van der Waals surface area contributed by atoms with E-state index in [4.69, 9.17) is 0 Å². The quantitative estimate of drug-likeness (QED) is 0.772. The predicted octanol–water partition coefficient (Wildman–Crippen LogP) is 4.31. The van der Waals surface area contributed by atoms with Gasteiger partial charge in [-0.25, -0.2) is 0 Å². The second kappa shape index (κ2) is 6.54. The molecule has 2 fully saturated rings. The van der Waals surface area contributed by atoms with Gasteiger partial charge >= 0.3 is 0 Å². The molecule has 3 rings (SSSR count). The lowest BCUT2D eigenvalue weighted by Gasteiger charge is -2.24. The first-order valence-corrected chi connectivity index (χ1v) is 8.86. The number of nitrogens with zero attached hydrogens (tertiary/aromatic N) is 1. The average Bonchev–Trinajstić information content (AvgIpc) is 2.76. The van der Waals surface area contributed by atoms with E-state index in [0.717, 1.165) is 35.1 Å². The van der Waals surface area contributed by atoms with Crippen molar-refractivity contribution in [3.63, 3.8) is 0 Å². The Morgan fingerprint density at radius 3 is 2.50 bits per heavy atom. The van der Waals surface area contributed by atoms with Gasteiger partial charge in [0.05, 0.1) is 0 Å². The van der Waals surface area contributed by atoms with Crippen LogP contribution in [0.25, 0.3) is 0 Å². The van der Waals surface area contributed by atoms with Gasteiger partial charge in [-0.15, -0.1) is 0 Å². The number of hydrogen-bond acceptors (Lipinski definition) is 2. The normalized spacial score (nSPS) is 25.2. The molecule has 1 aromatic rings. The van der Waals surface area contributed by atoms with Crippen molar-refractivity contribution in [2.45, 2.75) is 52.9 Å². The summed E-state index contributed by atoms with van der Waals surface area (Å²) in [4.78, 5) is 15.2. The molecule has 1 aliphatic carbocycles. The molecule has 0 radical (unpaired) electrons. The summed E-state index contributed by atoms with van der Waals surface area (Å²) >= 11 is 0. The summed E-state index contributed by atoms with van der Waals surface area (Å²) in [5.74, 6) is 2.18. The van der Waals surface area contributed by atoms with E-state index in [1.807, 2.05) is 0 Å². The zero-order valence-corrected chi connectivity index (χ0v) is 14.3. The number of carbonyl (C=O) groups excluding carboxylic acids is 1. The molecule has 1 saturated carbocycles. The molecule has 0 unspecified atom stereocenters. The SMILES string of the molecule is Cc1cc(C)c(C(=O)CCN2CC[C@H]3CC[C@@H](C3)C2)c(C)c1. The number of rotatable bonds is 4. The van der Waals surface area contributed by atoms with Gasteiger partial charge in [-0.2, -0.15) is 0 Å². The van der Waals surface area contributed by atoms with Crippen molar-refractivity contribution in [3.05, 3.63) is 34.4 Å². The standard InChI is InChI=1S/C20H29NO/c1-14-10-15(2)20(16(3)11-14)19(22)7-9-21-8-6-17-4-5-18(12-17)13-21/h10-11,17-18H,4-9,12-13H2,1-3H3/t17-,18+/m1/s1. The summed E-state index contributed by atoms with van der Waals surface area (Å²) < 4.78 is 0. The molecule has 2 heteroatoms. The fraction of sp³-hybridized carbons (Fsp3) is 0.650. The Morgan fingerprint density at radius 2 is 1.77 bits per heavy atom. The minimum absolute atomic E-state index is 0.324. The van der Waals surface area contributed by atoms with Gasteiger partial charge in [-0.1, -0.05) is 24.1 Å². The Bertz CT molecular complexity index is 540. The molecule has 2 aliphatic rings. The molecule has 2 bridgehead atoms. The highest BCUT2D eigenvalue weighted by Crippen LogP contribution is 2.36. The smallest absolute Gasteiger partial charge is 0.164 e. The van der Waals surface area contributed by atoms with Gasteiger partial charge in [0.25, 0.3) is 0 Å². The molecule has 1 heterocycles. The minimum atomic E-state index is 0.324. The van der Waals surface area contributed by atoms with Crippen molar-refractivity contribution >= 4 is 5.78 Å². The van der Waals surface area contributed by atoms with E-state index in [2.05, 4.69) is 37.8 Å². The van der Waals surface area contributed by atoms with E-state index in [9.17, 15) is 4.79 Å². The van der Waals surface area contributed by atoms with Gasteiger partial charge in [-0.05, 0) is 69.5 Å². The third-order valence-electron chi connectivity index (χ3n) is 5.63. The molecule has 2 nitrogen and oxygen atoms in total. The molecule has 0 amide bonds. The molecule has 1 aliphatic heterocycles. The number of aryl methyl sites for hydroxylation is 3. The van der Waals surface area contributed by atoms with Gasteiger partial charge in [0.2, 0.25) is 0 Å². The predicted molar refractivity (Wildman–Crippen MR) is 91.5 cm³/mol. The first-order valence-electron chi connectivity index (χ1n) is 8.86. The average molecular weight is 299 g/mol. The largest absolute Gasteiger partial charge is 0.303 e. The molecule has 120 valence electrons. The van der Waals surface area contributed by atoms with Crippen LogP contribution in [0.2, 0.25) is 0 Å². The number of ketones is 1. The summed E-state index contributed by atoms with van der Waals surface area (Å²) in [6.07, 6.45) is 6.29. The Kier molecular flexibility index (Phi) is 4.67. The Hall–Kier alpha value is -1.15. The fourth-order valence-corrected chi connectivity index (χ4v) is 4.64. The summed E-state index contributed by atoms with van der Waals surface area (Å²) in [5, 5.41) is 0. The van der Waals surface area contributed by atoms with Crippen molar-refractivity contribution in [1.29, 1.82) is 0 Å². The number of fused-ring (bicyclic) bond motifs is 2. The van der Waals surface area contributed by atoms with Crippen molar-refractivity contribution in [2.24, 2.45) is 11.8 Å². The Labute approximate surface area is 134 Å². The third-order valence-corrected chi connectivity index (χ3v) is 5.63. The molecular weight excluding hydrogens is 270 g/mol. The van der Waals surface area contributed by atoms with Crippen LogP contribution < -0.4 is 0 Å². The molecule has 1 aromatic carbocycles. The first-order chi connectivity index (χ1) is 10.5. The molecule has 22 heavy (non-hydrogen) atoms. The second-order valence-corrected chi connectivity index (χ2v) is 7.58. The zero-order valence-electron chi connectivity index (χ0n) is 14.3. The van der Waals surface area contributed by atoms with Crippen LogP contribution in [-0.4, -0.2) is 30.3 Å². The van der Waals surface area contributed by atoms with E-state index in [-0.39, 0.29) is 0 Å². The van der Waals surface area contributed by atoms with Gasteiger partial charge in [-0.3, -0.25) is 4.79 Å². The van der Waals surface area contributed by atoms with Gasteiger partial charge in [0.1, 0.15) is 0 Å². The number of hydrogen-bond donors (Lipinski definition) is 0. The van der Waals surface area contributed by atoms with Crippen LogP contribution in [0, 0.1) is 32.6 Å². The second-order valence-electron chi connectivity index (χ2n) is 7.58. The Balaban J connectivity index is 1.60. The van der Waals surface area contributed by atoms with E-state index < -0.39 is 0 Å². The highest BCUT2D eigenvalue weighted by Gasteiger charge is 2.30. The van der Waals surface area contributed by atoms with E-state index >= 15 is 0 Å². The maximum absolute atomic E-state index is 12.7. The summed E-state index contributed by atoms with van der Waals surface area (Å²) in [6, 6.07) is 4.26. The maximum Gasteiger partial charge on any atom is 0.164 e. The molecule has 0 aromatic heterocycles. The Morgan fingerprint density at radius 1 is 1.09 bits per heavy atom. The van der Waals surface area contributed by atoms with Crippen LogP contribution in [0.1, 0.15) is 59.2 Å². The third kappa shape index (κ3) is 3.43. The molecule has 1 saturated heterocycles. The van der Waals surface area contributed by atoms with Crippen molar-refractivity contribution in [1.82, 2.24) is 4.90 Å². The van der Waals surface area contributed by atoms with Crippen LogP contribution in [0.15, 0.2) is 12.1 Å². The monoisotopic (exact) mass is 299 g/mol. The van der Waals surface area contributed by atoms with Gasteiger partial charge in [0, 0.05) is 25.1 Å². The van der Waals surface area contributed by atoms with Gasteiger partial charge < -0.3 is 4.90 Å².